The third kappa shape index (κ3) is 3.39. The van der Waals surface area contributed by atoms with Crippen molar-refractivity contribution in [3.8, 4) is 6.07 Å². The first-order chi connectivity index (χ1) is 10.0. The van der Waals surface area contributed by atoms with Gasteiger partial charge in [-0.15, -0.1) is 0 Å². The molecular formula is C16H18ClF3N2. The summed E-state index contributed by atoms with van der Waals surface area (Å²) in [5.41, 5.74) is -0.240. The standard InChI is InChI=1S/C16H18ClF3N2/c1-15(2,3)22-8-10(7-21)13(9-22)12-5-4-11(6-14(12)17)16(18,19)20/h4-6,10,13H,8-9H2,1-3H3/t10-,13-/m0/s1. The van der Waals surface area contributed by atoms with E-state index in [-0.39, 0.29) is 22.4 Å². The summed E-state index contributed by atoms with van der Waals surface area (Å²) in [5, 5.41) is 9.44. The zero-order valence-electron chi connectivity index (χ0n) is 12.7. The molecule has 22 heavy (non-hydrogen) atoms. The monoisotopic (exact) mass is 330 g/mol. The van der Waals surface area contributed by atoms with E-state index < -0.39 is 11.7 Å². The second-order valence-electron chi connectivity index (χ2n) is 6.65. The van der Waals surface area contributed by atoms with Crippen molar-refractivity contribution in [2.24, 2.45) is 5.92 Å². The Kier molecular flexibility index (Phi) is 4.47. The Balaban J connectivity index is 2.33. The van der Waals surface area contributed by atoms with Crippen molar-refractivity contribution >= 4 is 11.6 Å². The topological polar surface area (TPSA) is 27.0 Å². The van der Waals surface area contributed by atoms with Gasteiger partial charge in [0.1, 0.15) is 0 Å². The minimum Gasteiger partial charge on any atom is -0.297 e. The molecule has 0 spiro atoms. The summed E-state index contributed by atoms with van der Waals surface area (Å²) in [5.74, 6) is -0.438. The Morgan fingerprint density at radius 1 is 1.23 bits per heavy atom. The van der Waals surface area contributed by atoms with Crippen LogP contribution < -0.4 is 0 Å². The molecule has 0 amide bonds. The van der Waals surface area contributed by atoms with Gasteiger partial charge in [-0.3, -0.25) is 4.90 Å². The quantitative estimate of drug-likeness (QED) is 0.746. The van der Waals surface area contributed by atoms with Gasteiger partial charge in [0.05, 0.1) is 17.6 Å². The Hall–Kier alpha value is -1.25. The summed E-state index contributed by atoms with van der Waals surface area (Å²) < 4.78 is 38.2. The van der Waals surface area contributed by atoms with Gasteiger partial charge in [0.15, 0.2) is 0 Å². The first-order valence-electron chi connectivity index (χ1n) is 7.05. The lowest BCUT2D eigenvalue weighted by Gasteiger charge is -2.31. The Labute approximate surface area is 133 Å². The van der Waals surface area contributed by atoms with E-state index in [0.717, 1.165) is 12.1 Å². The van der Waals surface area contributed by atoms with Gasteiger partial charge >= 0.3 is 6.18 Å². The molecule has 1 aliphatic rings. The number of halogens is 4. The number of hydrogen-bond acceptors (Lipinski definition) is 2. The number of nitrogens with zero attached hydrogens (tertiary/aromatic N) is 2. The number of likely N-dealkylation sites (tertiary alicyclic amines) is 1. The van der Waals surface area contributed by atoms with Crippen LogP contribution in [0.2, 0.25) is 5.02 Å². The molecule has 0 aromatic heterocycles. The molecule has 0 aliphatic carbocycles. The lowest BCUT2D eigenvalue weighted by Crippen LogP contribution is -2.39. The molecule has 0 saturated carbocycles. The maximum absolute atomic E-state index is 12.7. The van der Waals surface area contributed by atoms with Gasteiger partial charge in [-0.2, -0.15) is 18.4 Å². The zero-order valence-corrected chi connectivity index (χ0v) is 13.5. The van der Waals surface area contributed by atoms with Gasteiger partial charge in [0.25, 0.3) is 0 Å². The SMILES string of the molecule is CC(C)(C)N1C[C@H](c2ccc(C(F)(F)F)cc2Cl)[C@@H](C#N)C1. The lowest BCUT2D eigenvalue weighted by molar-refractivity contribution is -0.137. The molecule has 2 nitrogen and oxygen atoms in total. The summed E-state index contributed by atoms with van der Waals surface area (Å²) in [6.07, 6.45) is -4.41. The molecule has 0 radical (unpaired) electrons. The van der Waals surface area contributed by atoms with Crippen LogP contribution in [0.15, 0.2) is 18.2 Å². The highest BCUT2D eigenvalue weighted by atomic mass is 35.5. The van der Waals surface area contributed by atoms with Crippen molar-refractivity contribution in [2.75, 3.05) is 13.1 Å². The molecule has 2 rings (SSSR count). The number of nitriles is 1. The maximum atomic E-state index is 12.7. The van der Waals surface area contributed by atoms with E-state index in [0.29, 0.717) is 18.7 Å². The van der Waals surface area contributed by atoms with Gasteiger partial charge in [-0.25, -0.2) is 0 Å². The van der Waals surface area contributed by atoms with Gasteiger partial charge in [0, 0.05) is 29.6 Å². The predicted octanol–water partition coefficient (Wildman–Crippen LogP) is 4.70. The molecule has 0 unspecified atom stereocenters. The summed E-state index contributed by atoms with van der Waals surface area (Å²) >= 11 is 6.07. The molecule has 1 fully saturated rings. The van der Waals surface area contributed by atoms with Crippen molar-refractivity contribution in [2.45, 2.75) is 38.4 Å². The van der Waals surface area contributed by atoms with Gasteiger partial charge in [-0.1, -0.05) is 17.7 Å². The summed E-state index contributed by atoms with van der Waals surface area (Å²) in [6, 6.07) is 5.66. The highest BCUT2D eigenvalue weighted by molar-refractivity contribution is 6.31. The number of alkyl halides is 3. The summed E-state index contributed by atoms with van der Waals surface area (Å²) in [4.78, 5) is 2.17. The second-order valence-corrected chi connectivity index (χ2v) is 7.06. The van der Waals surface area contributed by atoms with Gasteiger partial charge < -0.3 is 0 Å². The fourth-order valence-corrected chi connectivity index (χ4v) is 3.12. The third-order valence-electron chi connectivity index (χ3n) is 4.16. The van der Waals surface area contributed by atoms with Crippen LogP contribution in [0.4, 0.5) is 13.2 Å². The van der Waals surface area contributed by atoms with Crippen LogP contribution in [0, 0.1) is 17.2 Å². The summed E-state index contributed by atoms with van der Waals surface area (Å²) in [7, 11) is 0. The van der Waals surface area contributed by atoms with Gasteiger partial charge in [0.2, 0.25) is 0 Å². The largest absolute Gasteiger partial charge is 0.416 e. The van der Waals surface area contributed by atoms with Crippen molar-refractivity contribution in [3.63, 3.8) is 0 Å². The van der Waals surface area contributed by atoms with E-state index in [9.17, 15) is 18.4 Å². The highest BCUT2D eigenvalue weighted by Gasteiger charge is 2.40. The smallest absolute Gasteiger partial charge is 0.297 e. The predicted molar refractivity (Wildman–Crippen MR) is 79.6 cm³/mol. The highest BCUT2D eigenvalue weighted by Crippen LogP contribution is 2.40. The Morgan fingerprint density at radius 2 is 1.86 bits per heavy atom. The maximum Gasteiger partial charge on any atom is 0.416 e. The Morgan fingerprint density at radius 3 is 2.32 bits per heavy atom. The van der Waals surface area contributed by atoms with E-state index in [1.165, 1.54) is 6.07 Å². The zero-order chi connectivity index (χ0) is 16.7. The first-order valence-corrected chi connectivity index (χ1v) is 7.43. The third-order valence-corrected chi connectivity index (χ3v) is 4.49. The van der Waals surface area contributed by atoms with Crippen molar-refractivity contribution in [3.05, 3.63) is 34.3 Å². The molecule has 0 N–H and O–H groups in total. The minimum atomic E-state index is -4.41. The van der Waals surface area contributed by atoms with Crippen LogP contribution in [0.1, 0.15) is 37.8 Å². The molecular weight excluding hydrogens is 313 g/mol. The Bertz CT molecular complexity index is 599. The van der Waals surface area contributed by atoms with Crippen molar-refractivity contribution in [1.82, 2.24) is 4.90 Å². The number of rotatable bonds is 1. The normalized spacial score (nSPS) is 23.5. The molecule has 120 valence electrons. The van der Waals surface area contributed by atoms with Crippen LogP contribution in [-0.2, 0) is 6.18 Å². The molecule has 0 bridgehead atoms. The van der Waals surface area contributed by atoms with Crippen LogP contribution in [0.3, 0.4) is 0 Å². The molecule has 1 aromatic carbocycles. The minimum absolute atomic E-state index is 0.0795. The van der Waals surface area contributed by atoms with Crippen LogP contribution in [0.25, 0.3) is 0 Å². The fourth-order valence-electron chi connectivity index (χ4n) is 2.80. The molecule has 1 saturated heterocycles. The second kappa shape index (κ2) is 5.75. The summed E-state index contributed by atoms with van der Waals surface area (Å²) in [6.45, 7) is 7.38. The molecule has 1 aromatic rings. The average molecular weight is 331 g/mol. The molecule has 1 aliphatic heterocycles. The van der Waals surface area contributed by atoms with Crippen LogP contribution >= 0.6 is 11.6 Å². The van der Waals surface area contributed by atoms with E-state index in [1.807, 2.05) is 0 Å². The van der Waals surface area contributed by atoms with E-state index in [4.69, 9.17) is 11.6 Å². The molecule has 2 atom stereocenters. The van der Waals surface area contributed by atoms with E-state index in [1.54, 1.807) is 0 Å². The van der Waals surface area contributed by atoms with E-state index in [2.05, 4.69) is 31.7 Å². The van der Waals surface area contributed by atoms with Crippen molar-refractivity contribution < 1.29 is 13.2 Å². The molecule has 1 heterocycles. The van der Waals surface area contributed by atoms with Crippen molar-refractivity contribution in [1.29, 1.82) is 5.26 Å². The van der Waals surface area contributed by atoms with Crippen LogP contribution in [0.5, 0.6) is 0 Å². The molecule has 6 heteroatoms. The lowest BCUT2D eigenvalue weighted by atomic mass is 9.89. The first kappa shape index (κ1) is 17.1. The fraction of sp³-hybridized carbons (Fsp3) is 0.562. The van der Waals surface area contributed by atoms with E-state index >= 15 is 0 Å². The van der Waals surface area contributed by atoms with Crippen LogP contribution in [-0.4, -0.2) is 23.5 Å². The van der Waals surface area contributed by atoms with Gasteiger partial charge in [-0.05, 0) is 38.5 Å². The average Bonchev–Trinajstić information content (AvgIpc) is 2.81. The number of benzene rings is 1. The number of hydrogen-bond donors (Lipinski definition) is 0.